The van der Waals surface area contributed by atoms with E-state index in [1.165, 1.54) is 12.1 Å². The Morgan fingerprint density at radius 2 is 1.54 bits per heavy atom. The molecular formula is C31H29N3O5. The summed E-state index contributed by atoms with van der Waals surface area (Å²) in [5.41, 5.74) is 3.25. The molecule has 0 aliphatic carbocycles. The molecular weight excluding hydrogens is 494 g/mol. The number of hydrogen-bond acceptors (Lipinski definition) is 5. The number of ether oxygens (including phenoxy) is 1. The molecule has 0 bridgehead atoms. The van der Waals surface area contributed by atoms with Crippen molar-refractivity contribution in [2.45, 2.75) is 19.4 Å². The number of amides is 3. The number of phenols is 1. The molecule has 1 unspecified atom stereocenters. The maximum absolute atomic E-state index is 13.4. The van der Waals surface area contributed by atoms with Gasteiger partial charge in [-0.05, 0) is 78.7 Å². The average Bonchev–Trinajstić information content (AvgIpc) is 2.94. The van der Waals surface area contributed by atoms with Crippen LogP contribution in [0.4, 0.5) is 11.4 Å². The lowest BCUT2D eigenvalue weighted by atomic mass is 10.0. The summed E-state index contributed by atoms with van der Waals surface area (Å²) in [5.74, 6) is -0.596. The number of phenolic OH excluding ortho intramolecular Hbond substituents is 1. The highest BCUT2D eigenvalue weighted by Gasteiger charge is 2.24. The Bertz CT molecular complexity index is 1470. The monoisotopic (exact) mass is 523 g/mol. The second-order valence-corrected chi connectivity index (χ2v) is 8.98. The Kier molecular flexibility index (Phi) is 8.58. The van der Waals surface area contributed by atoms with Gasteiger partial charge in [0.2, 0.25) is 5.91 Å². The van der Waals surface area contributed by atoms with Gasteiger partial charge in [0.25, 0.3) is 11.8 Å². The summed E-state index contributed by atoms with van der Waals surface area (Å²) >= 11 is 0. The van der Waals surface area contributed by atoms with Crippen LogP contribution in [0.1, 0.15) is 31.8 Å². The molecule has 0 saturated heterocycles. The van der Waals surface area contributed by atoms with Gasteiger partial charge in [0.15, 0.2) is 0 Å². The van der Waals surface area contributed by atoms with Crippen LogP contribution in [-0.2, 0) is 11.2 Å². The molecule has 0 aliphatic heterocycles. The van der Waals surface area contributed by atoms with Gasteiger partial charge in [-0.25, -0.2) is 0 Å². The minimum atomic E-state index is -0.937. The van der Waals surface area contributed by atoms with Crippen LogP contribution in [0.5, 0.6) is 11.5 Å². The number of nitrogens with one attached hydrogen (secondary N) is 3. The molecule has 1 atom stereocenters. The maximum Gasteiger partial charge on any atom is 0.255 e. The molecule has 8 nitrogen and oxygen atoms in total. The van der Waals surface area contributed by atoms with Crippen molar-refractivity contribution in [2.75, 3.05) is 17.7 Å². The van der Waals surface area contributed by atoms with E-state index < -0.39 is 23.8 Å². The van der Waals surface area contributed by atoms with Crippen molar-refractivity contribution < 1.29 is 24.2 Å². The van der Waals surface area contributed by atoms with Crippen LogP contribution in [0.15, 0.2) is 97.1 Å². The van der Waals surface area contributed by atoms with Gasteiger partial charge in [-0.15, -0.1) is 0 Å². The SMILES string of the molecule is COc1ccc(C(=O)Nc2ccccc2C(=O)NC(Cc2ccc(O)cc2)C(=O)Nc2cccc(C)c2)cc1. The molecule has 0 radical (unpaired) electrons. The van der Waals surface area contributed by atoms with Crippen molar-refractivity contribution in [3.8, 4) is 11.5 Å². The Labute approximate surface area is 226 Å². The second-order valence-electron chi connectivity index (χ2n) is 8.98. The van der Waals surface area contributed by atoms with E-state index in [-0.39, 0.29) is 17.7 Å². The number of methoxy groups -OCH3 is 1. The zero-order chi connectivity index (χ0) is 27.8. The lowest BCUT2D eigenvalue weighted by Crippen LogP contribution is -2.45. The summed E-state index contributed by atoms with van der Waals surface area (Å²) in [6.07, 6.45) is 0.185. The lowest BCUT2D eigenvalue weighted by Gasteiger charge is -2.20. The van der Waals surface area contributed by atoms with Gasteiger partial charge in [-0.1, -0.05) is 36.4 Å². The number of carbonyl (C=O) groups excluding carboxylic acids is 3. The second kappa shape index (κ2) is 12.4. The fourth-order valence-electron chi connectivity index (χ4n) is 3.99. The van der Waals surface area contributed by atoms with E-state index >= 15 is 0 Å². The van der Waals surface area contributed by atoms with Crippen molar-refractivity contribution in [1.29, 1.82) is 0 Å². The van der Waals surface area contributed by atoms with Crippen LogP contribution >= 0.6 is 0 Å². The Morgan fingerprint density at radius 3 is 2.23 bits per heavy atom. The topological polar surface area (TPSA) is 117 Å². The van der Waals surface area contributed by atoms with Crippen LogP contribution in [0.3, 0.4) is 0 Å². The molecule has 8 heteroatoms. The quantitative estimate of drug-likeness (QED) is 0.248. The van der Waals surface area contributed by atoms with Crippen molar-refractivity contribution >= 4 is 29.1 Å². The third-order valence-electron chi connectivity index (χ3n) is 6.06. The Morgan fingerprint density at radius 1 is 0.821 bits per heavy atom. The zero-order valence-corrected chi connectivity index (χ0v) is 21.6. The van der Waals surface area contributed by atoms with Crippen LogP contribution in [0.2, 0.25) is 0 Å². The molecule has 39 heavy (non-hydrogen) atoms. The van der Waals surface area contributed by atoms with E-state index in [1.54, 1.807) is 73.8 Å². The fourth-order valence-corrected chi connectivity index (χ4v) is 3.99. The average molecular weight is 524 g/mol. The highest BCUT2D eigenvalue weighted by Crippen LogP contribution is 2.19. The van der Waals surface area contributed by atoms with Crippen molar-refractivity contribution in [2.24, 2.45) is 0 Å². The highest BCUT2D eigenvalue weighted by atomic mass is 16.5. The van der Waals surface area contributed by atoms with Crippen LogP contribution in [0.25, 0.3) is 0 Å². The molecule has 4 aromatic rings. The van der Waals surface area contributed by atoms with E-state index in [4.69, 9.17) is 4.74 Å². The van der Waals surface area contributed by atoms with E-state index in [1.807, 2.05) is 25.1 Å². The first kappa shape index (κ1) is 26.9. The number of rotatable bonds is 9. The molecule has 0 saturated carbocycles. The number of aromatic hydroxyl groups is 1. The van der Waals surface area contributed by atoms with Crippen molar-refractivity contribution in [1.82, 2.24) is 5.32 Å². The molecule has 0 heterocycles. The van der Waals surface area contributed by atoms with Crippen LogP contribution in [0, 0.1) is 6.92 Å². The summed E-state index contributed by atoms with van der Waals surface area (Å²) in [6.45, 7) is 1.92. The first-order valence-corrected chi connectivity index (χ1v) is 12.3. The zero-order valence-electron chi connectivity index (χ0n) is 21.6. The normalized spacial score (nSPS) is 11.2. The number of aryl methyl sites for hydroxylation is 1. The number of para-hydroxylation sites is 1. The molecule has 0 fully saturated rings. The summed E-state index contributed by atoms with van der Waals surface area (Å²) < 4.78 is 5.14. The molecule has 0 aromatic heterocycles. The fraction of sp³-hybridized carbons (Fsp3) is 0.129. The molecule has 3 amide bonds. The maximum atomic E-state index is 13.4. The van der Waals surface area contributed by atoms with Gasteiger partial charge in [-0.3, -0.25) is 14.4 Å². The minimum Gasteiger partial charge on any atom is -0.508 e. The third-order valence-corrected chi connectivity index (χ3v) is 6.06. The standard InChI is InChI=1S/C31H29N3O5/c1-20-6-5-7-23(18-20)32-31(38)28(19-21-10-14-24(35)15-11-21)34-30(37)26-8-3-4-9-27(26)33-29(36)22-12-16-25(39-2)17-13-22/h3-18,28,35H,19H2,1-2H3,(H,32,38)(H,33,36)(H,34,37). The van der Waals surface area contributed by atoms with Crippen molar-refractivity contribution in [3.63, 3.8) is 0 Å². The van der Waals surface area contributed by atoms with Crippen LogP contribution in [-0.4, -0.2) is 36.0 Å². The minimum absolute atomic E-state index is 0.102. The Balaban J connectivity index is 1.55. The smallest absolute Gasteiger partial charge is 0.255 e. The van der Waals surface area contributed by atoms with Gasteiger partial charge in [-0.2, -0.15) is 0 Å². The van der Waals surface area contributed by atoms with Gasteiger partial charge >= 0.3 is 0 Å². The van der Waals surface area contributed by atoms with E-state index in [0.29, 0.717) is 22.7 Å². The summed E-state index contributed by atoms with van der Waals surface area (Å²) in [5, 5.41) is 18.1. The predicted molar refractivity (Wildman–Crippen MR) is 150 cm³/mol. The summed E-state index contributed by atoms with van der Waals surface area (Å²) in [6, 6.07) is 26.0. The third kappa shape index (κ3) is 7.23. The first-order chi connectivity index (χ1) is 18.8. The lowest BCUT2D eigenvalue weighted by molar-refractivity contribution is -0.118. The van der Waals surface area contributed by atoms with E-state index in [2.05, 4.69) is 16.0 Å². The number of benzene rings is 4. The molecule has 4 rings (SSSR count). The summed E-state index contributed by atoms with van der Waals surface area (Å²) in [7, 11) is 1.54. The first-order valence-electron chi connectivity index (χ1n) is 12.3. The molecule has 4 aromatic carbocycles. The number of hydrogen-bond donors (Lipinski definition) is 4. The van der Waals surface area contributed by atoms with E-state index in [9.17, 15) is 19.5 Å². The molecule has 0 aliphatic rings. The highest BCUT2D eigenvalue weighted by molar-refractivity contribution is 6.10. The largest absolute Gasteiger partial charge is 0.508 e. The Hall–Kier alpha value is -5.11. The number of anilines is 2. The van der Waals surface area contributed by atoms with Gasteiger partial charge in [0.1, 0.15) is 17.5 Å². The molecule has 0 spiro atoms. The van der Waals surface area contributed by atoms with E-state index in [0.717, 1.165) is 11.1 Å². The van der Waals surface area contributed by atoms with Crippen LogP contribution < -0.4 is 20.7 Å². The van der Waals surface area contributed by atoms with Gasteiger partial charge < -0.3 is 25.8 Å². The van der Waals surface area contributed by atoms with Crippen molar-refractivity contribution in [3.05, 3.63) is 119 Å². The van der Waals surface area contributed by atoms with Gasteiger partial charge in [0.05, 0.1) is 18.4 Å². The summed E-state index contributed by atoms with van der Waals surface area (Å²) in [4.78, 5) is 39.6. The molecule has 4 N–H and O–H groups in total. The number of carbonyl (C=O) groups is 3. The molecule has 198 valence electrons. The van der Waals surface area contributed by atoms with Gasteiger partial charge in [0, 0.05) is 17.7 Å². The predicted octanol–water partition coefficient (Wildman–Crippen LogP) is 4.94.